The van der Waals surface area contributed by atoms with Crippen molar-refractivity contribution < 1.29 is 17.9 Å². The van der Waals surface area contributed by atoms with E-state index in [0.717, 1.165) is 10.8 Å². The van der Waals surface area contributed by atoms with Gasteiger partial charge in [-0.15, -0.1) is 11.3 Å². The van der Waals surface area contributed by atoms with Crippen molar-refractivity contribution in [3.8, 4) is 0 Å². The second kappa shape index (κ2) is 8.41. The summed E-state index contributed by atoms with van der Waals surface area (Å²) in [7, 11) is -3.68. The first-order chi connectivity index (χ1) is 12.9. The van der Waals surface area contributed by atoms with E-state index in [0.29, 0.717) is 6.54 Å². The second-order valence-corrected chi connectivity index (χ2v) is 8.71. The SMILES string of the molecule is C[C@H](CNCC(O)c1cscc1F)NS(=O)(=O)c1ccc2cnccc2c1. The number of pyridine rings is 1. The third-order valence-electron chi connectivity index (χ3n) is 4.07. The van der Waals surface area contributed by atoms with Gasteiger partial charge in [0, 0.05) is 47.9 Å². The van der Waals surface area contributed by atoms with Gasteiger partial charge in [-0.25, -0.2) is 17.5 Å². The number of aromatic nitrogens is 1. The smallest absolute Gasteiger partial charge is 0.240 e. The molecular formula is C18H20FN3O3S2. The molecule has 0 radical (unpaired) electrons. The number of benzene rings is 1. The number of thiophene rings is 1. The molecule has 0 aliphatic carbocycles. The van der Waals surface area contributed by atoms with Crippen molar-refractivity contribution in [3.63, 3.8) is 0 Å². The van der Waals surface area contributed by atoms with Crippen molar-refractivity contribution in [2.24, 2.45) is 0 Å². The Hall–Kier alpha value is -1.91. The molecule has 2 heterocycles. The molecule has 0 aliphatic rings. The fourth-order valence-electron chi connectivity index (χ4n) is 2.68. The molecule has 0 saturated carbocycles. The van der Waals surface area contributed by atoms with E-state index in [2.05, 4.69) is 15.0 Å². The Morgan fingerprint density at radius 1 is 1.22 bits per heavy atom. The fourth-order valence-corrected chi connectivity index (χ4v) is 4.70. The first-order valence-electron chi connectivity index (χ1n) is 8.33. The van der Waals surface area contributed by atoms with E-state index in [1.165, 1.54) is 22.8 Å². The standard InChI is InChI=1S/C18H20FN3O3S2/c1-12(7-21-9-18(23)16-10-26-11-17(16)19)22-27(24,25)15-3-2-14-8-20-5-4-13(14)6-15/h2-6,8,10-12,18,21-23H,7,9H2,1H3/t12-,18?/m1/s1. The highest BCUT2D eigenvalue weighted by Crippen LogP contribution is 2.20. The van der Waals surface area contributed by atoms with Crippen LogP contribution in [0.25, 0.3) is 10.8 Å². The van der Waals surface area contributed by atoms with Gasteiger partial charge in [-0.2, -0.15) is 0 Å². The van der Waals surface area contributed by atoms with Crippen molar-refractivity contribution in [1.29, 1.82) is 0 Å². The third kappa shape index (κ3) is 4.88. The van der Waals surface area contributed by atoms with E-state index in [9.17, 15) is 17.9 Å². The molecule has 2 atom stereocenters. The molecule has 0 bridgehead atoms. The van der Waals surface area contributed by atoms with Crippen LogP contribution in [0.4, 0.5) is 4.39 Å². The molecule has 6 nitrogen and oxygen atoms in total. The highest BCUT2D eigenvalue weighted by molar-refractivity contribution is 7.89. The van der Waals surface area contributed by atoms with Crippen LogP contribution < -0.4 is 10.0 Å². The fraction of sp³-hybridized carbons (Fsp3) is 0.278. The summed E-state index contributed by atoms with van der Waals surface area (Å²) in [5.41, 5.74) is 0.242. The van der Waals surface area contributed by atoms with Gasteiger partial charge in [0.15, 0.2) is 0 Å². The zero-order valence-electron chi connectivity index (χ0n) is 14.6. The Labute approximate surface area is 161 Å². The van der Waals surface area contributed by atoms with Crippen LogP contribution in [-0.4, -0.2) is 37.6 Å². The van der Waals surface area contributed by atoms with Crippen LogP contribution in [-0.2, 0) is 10.0 Å². The van der Waals surface area contributed by atoms with E-state index in [1.807, 2.05) is 0 Å². The summed E-state index contributed by atoms with van der Waals surface area (Å²) >= 11 is 1.18. The largest absolute Gasteiger partial charge is 0.387 e. The minimum Gasteiger partial charge on any atom is -0.387 e. The lowest BCUT2D eigenvalue weighted by Crippen LogP contribution is -2.40. The molecule has 0 saturated heterocycles. The van der Waals surface area contributed by atoms with Crippen LogP contribution >= 0.6 is 11.3 Å². The Balaban J connectivity index is 1.57. The molecule has 9 heteroatoms. The summed E-state index contributed by atoms with van der Waals surface area (Å²) in [6, 6.07) is 6.19. The summed E-state index contributed by atoms with van der Waals surface area (Å²) in [6.07, 6.45) is 2.31. The normalized spacial score (nSPS) is 14.3. The number of hydrogen-bond acceptors (Lipinski definition) is 6. The topological polar surface area (TPSA) is 91.3 Å². The number of fused-ring (bicyclic) bond motifs is 1. The molecule has 1 aromatic carbocycles. The molecule has 0 amide bonds. The minimum atomic E-state index is -3.68. The molecule has 144 valence electrons. The van der Waals surface area contributed by atoms with Gasteiger partial charge in [0.05, 0.1) is 11.0 Å². The summed E-state index contributed by atoms with van der Waals surface area (Å²) in [5, 5.41) is 17.5. The number of hydrogen-bond donors (Lipinski definition) is 3. The lowest BCUT2D eigenvalue weighted by Gasteiger charge is -2.17. The van der Waals surface area contributed by atoms with Gasteiger partial charge in [-0.3, -0.25) is 4.98 Å². The predicted molar refractivity (Wildman–Crippen MR) is 104 cm³/mol. The van der Waals surface area contributed by atoms with Gasteiger partial charge in [-0.05, 0) is 35.9 Å². The van der Waals surface area contributed by atoms with Crippen molar-refractivity contribution in [3.05, 3.63) is 58.8 Å². The van der Waals surface area contributed by atoms with Crippen LogP contribution in [0.3, 0.4) is 0 Å². The van der Waals surface area contributed by atoms with E-state index >= 15 is 0 Å². The Kier molecular flexibility index (Phi) is 6.18. The van der Waals surface area contributed by atoms with Gasteiger partial charge >= 0.3 is 0 Å². The van der Waals surface area contributed by atoms with Gasteiger partial charge in [0.2, 0.25) is 10.0 Å². The van der Waals surface area contributed by atoms with Crippen LogP contribution in [0.1, 0.15) is 18.6 Å². The molecule has 0 fully saturated rings. The van der Waals surface area contributed by atoms with Gasteiger partial charge in [0.25, 0.3) is 0 Å². The summed E-state index contributed by atoms with van der Waals surface area (Å²) in [6.45, 7) is 2.13. The van der Waals surface area contributed by atoms with Crippen LogP contribution in [0, 0.1) is 5.82 Å². The van der Waals surface area contributed by atoms with Crippen LogP contribution in [0.2, 0.25) is 0 Å². The Morgan fingerprint density at radius 2 is 2.04 bits per heavy atom. The van der Waals surface area contributed by atoms with E-state index in [1.54, 1.807) is 42.9 Å². The molecule has 2 aromatic heterocycles. The first kappa shape index (κ1) is 19.8. The molecule has 0 spiro atoms. The number of aliphatic hydroxyl groups excluding tert-OH is 1. The lowest BCUT2D eigenvalue weighted by atomic mass is 10.2. The number of aliphatic hydroxyl groups is 1. The molecule has 27 heavy (non-hydrogen) atoms. The summed E-state index contributed by atoms with van der Waals surface area (Å²) in [5.74, 6) is -0.436. The minimum absolute atomic E-state index is 0.128. The lowest BCUT2D eigenvalue weighted by molar-refractivity contribution is 0.170. The first-order valence-corrected chi connectivity index (χ1v) is 10.8. The van der Waals surface area contributed by atoms with Gasteiger partial charge in [-0.1, -0.05) is 6.07 Å². The van der Waals surface area contributed by atoms with Crippen LogP contribution in [0.15, 0.2) is 52.3 Å². The maximum Gasteiger partial charge on any atom is 0.240 e. The summed E-state index contributed by atoms with van der Waals surface area (Å²) < 4.78 is 41.2. The van der Waals surface area contributed by atoms with Crippen molar-refractivity contribution >= 4 is 32.1 Å². The molecule has 3 aromatic rings. The molecule has 1 unspecified atom stereocenters. The molecule has 0 aliphatic heterocycles. The Morgan fingerprint density at radius 3 is 2.78 bits per heavy atom. The monoisotopic (exact) mass is 409 g/mol. The maximum atomic E-state index is 13.4. The van der Waals surface area contributed by atoms with E-state index in [4.69, 9.17) is 0 Å². The molecule has 3 rings (SSSR count). The second-order valence-electron chi connectivity index (χ2n) is 6.26. The average molecular weight is 410 g/mol. The van der Waals surface area contributed by atoms with E-state index in [-0.39, 0.29) is 17.0 Å². The zero-order chi connectivity index (χ0) is 19.4. The highest BCUT2D eigenvalue weighted by Gasteiger charge is 2.18. The van der Waals surface area contributed by atoms with Crippen LogP contribution in [0.5, 0.6) is 0 Å². The predicted octanol–water partition coefficient (Wildman–Crippen LogP) is 2.43. The quantitative estimate of drug-likeness (QED) is 0.532. The zero-order valence-corrected chi connectivity index (χ0v) is 16.2. The van der Waals surface area contributed by atoms with E-state index < -0.39 is 28.0 Å². The summed E-state index contributed by atoms with van der Waals surface area (Å²) in [4.78, 5) is 4.18. The average Bonchev–Trinajstić information content (AvgIpc) is 3.07. The number of halogens is 1. The van der Waals surface area contributed by atoms with Gasteiger partial charge < -0.3 is 10.4 Å². The van der Waals surface area contributed by atoms with Crippen molar-refractivity contribution in [1.82, 2.24) is 15.0 Å². The molecule has 3 N–H and O–H groups in total. The number of sulfonamides is 1. The Bertz CT molecular complexity index is 1020. The number of nitrogens with one attached hydrogen (secondary N) is 2. The molecular weight excluding hydrogens is 389 g/mol. The van der Waals surface area contributed by atoms with Gasteiger partial charge in [0.1, 0.15) is 5.82 Å². The number of nitrogens with zero attached hydrogens (tertiary/aromatic N) is 1. The highest BCUT2D eigenvalue weighted by atomic mass is 32.2. The third-order valence-corrected chi connectivity index (χ3v) is 6.39. The maximum absolute atomic E-state index is 13.4. The van der Waals surface area contributed by atoms with Crippen molar-refractivity contribution in [2.45, 2.75) is 24.0 Å². The number of rotatable bonds is 8. The van der Waals surface area contributed by atoms with Crippen molar-refractivity contribution in [2.75, 3.05) is 13.1 Å².